The van der Waals surface area contributed by atoms with Gasteiger partial charge in [0.1, 0.15) is 6.04 Å². The van der Waals surface area contributed by atoms with Crippen LogP contribution in [0.5, 0.6) is 0 Å². The summed E-state index contributed by atoms with van der Waals surface area (Å²) in [6.07, 6.45) is 0.123. The van der Waals surface area contributed by atoms with Crippen molar-refractivity contribution in [2.75, 3.05) is 0 Å². The van der Waals surface area contributed by atoms with Crippen molar-refractivity contribution in [3.05, 3.63) is 0 Å². The number of carbonyl (C=O) groups excluding carboxylic acids is 1. The van der Waals surface area contributed by atoms with Gasteiger partial charge >= 0.3 is 5.97 Å². The molecule has 0 rings (SSSR count). The predicted molar refractivity (Wildman–Crippen MR) is 46.7 cm³/mol. The first-order chi connectivity index (χ1) is 5.95. The highest BCUT2D eigenvalue weighted by molar-refractivity contribution is 7.16. The summed E-state index contributed by atoms with van der Waals surface area (Å²) in [5.41, 5.74) is 9.81. The van der Waals surface area contributed by atoms with E-state index in [1.165, 1.54) is 0 Å². The monoisotopic (exact) mass is 212 g/mol. The summed E-state index contributed by atoms with van der Waals surface area (Å²) in [7, 11) is -1.50. The van der Waals surface area contributed by atoms with Gasteiger partial charge in [-0.3, -0.25) is 14.2 Å². The van der Waals surface area contributed by atoms with Crippen LogP contribution >= 0.6 is 8.69 Å². The third-order valence-corrected chi connectivity index (χ3v) is 1.02. The molecule has 0 spiro atoms. The summed E-state index contributed by atoms with van der Waals surface area (Å²) in [5.74, 6) is -1.64. The van der Waals surface area contributed by atoms with Crippen LogP contribution in [0.15, 0.2) is 0 Å². The van der Waals surface area contributed by atoms with E-state index in [1.807, 2.05) is 0 Å². The third kappa shape index (κ3) is 14.0. The molecule has 0 aromatic carbocycles. The molecule has 1 unspecified atom stereocenters. The molecule has 7 nitrogen and oxygen atoms in total. The Morgan fingerprint density at radius 3 is 2.08 bits per heavy atom. The molecule has 0 fully saturated rings. The molecule has 13 heavy (non-hydrogen) atoms. The van der Waals surface area contributed by atoms with E-state index in [-0.39, 0.29) is 12.8 Å². The lowest BCUT2D eigenvalue weighted by Gasteiger charge is -2.01. The summed E-state index contributed by atoms with van der Waals surface area (Å²) >= 11 is 0. The molecule has 6 N–H and O–H groups in total. The summed E-state index contributed by atoms with van der Waals surface area (Å²) in [6, 6.07) is -0.979. The van der Waals surface area contributed by atoms with Crippen molar-refractivity contribution in [2.24, 2.45) is 11.5 Å². The van der Waals surface area contributed by atoms with Crippen LogP contribution in [0.3, 0.4) is 0 Å². The second-order valence-electron chi connectivity index (χ2n) is 2.06. The molecule has 0 saturated heterocycles. The van der Waals surface area contributed by atoms with Gasteiger partial charge in [0.15, 0.2) is 8.69 Å². The van der Waals surface area contributed by atoms with Gasteiger partial charge in [-0.05, 0) is 6.42 Å². The average Bonchev–Trinajstić information content (AvgIpc) is 2.01. The van der Waals surface area contributed by atoms with Gasteiger partial charge in [0, 0.05) is 6.42 Å². The van der Waals surface area contributed by atoms with E-state index in [9.17, 15) is 9.59 Å². The van der Waals surface area contributed by atoms with Crippen LogP contribution in [0, 0.1) is 0 Å². The number of carboxylic acid groups (broad SMARTS) is 1. The maximum absolute atomic E-state index is 10.1. The zero-order chi connectivity index (χ0) is 10.9. The van der Waals surface area contributed by atoms with Gasteiger partial charge in [0.25, 0.3) is 0 Å². The van der Waals surface area contributed by atoms with Crippen LogP contribution in [0.2, 0.25) is 0 Å². The number of rotatable bonds is 4. The number of hydrogen-bond donors (Lipinski definition) is 4. The van der Waals surface area contributed by atoms with Gasteiger partial charge in [-0.1, -0.05) is 0 Å². The Morgan fingerprint density at radius 2 is 1.85 bits per heavy atom. The SMILES string of the molecule is NC(=O)CC[C@H](N)C(=O)O.O=[PH2]O. The molecule has 1 amide bonds. The smallest absolute Gasteiger partial charge is 0.320 e. The molecule has 0 aliphatic rings. The van der Waals surface area contributed by atoms with E-state index in [1.54, 1.807) is 0 Å². The number of amides is 1. The predicted octanol–water partition coefficient (Wildman–Crippen LogP) is -1.69. The van der Waals surface area contributed by atoms with Crippen molar-refractivity contribution >= 4 is 20.6 Å². The second kappa shape index (κ2) is 9.18. The van der Waals surface area contributed by atoms with Crippen molar-refractivity contribution in [3.8, 4) is 0 Å². The standard InChI is InChI=1S/C5H10N2O3.H3O2P/c6-3(5(9)10)1-2-4(7)8;1-3-2/h3H,1-2,6H2,(H2,7,8)(H,9,10);3H2,(H,1,2)/t3-;/m0./s1. The fourth-order valence-corrected chi connectivity index (χ4v) is 0.421. The molecule has 0 aromatic heterocycles. The number of hydrogen-bond acceptors (Lipinski definition) is 4. The van der Waals surface area contributed by atoms with Gasteiger partial charge in [-0.25, -0.2) is 0 Å². The van der Waals surface area contributed by atoms with E-state index in [0.29, 0.717) is 0 Å². The van der Waals surface area contributed by atoms with E-state index >= 15 is 0 Å². The van der Waals surface area contributed by atoms with Crippen molar-refractivity contribution in [3.63, 3.8) is 0 Å². The molecule has 2 atom stereocenters. The molecular weight excluding hydrogens is 199 g/mol. The highest BCUT2D eigenvalue weighted by Crippen LogP contribution is 1.92. The van der Waals surface area contributed by atoms with Crippen LogP contribution in [0.25, 0.3) is 0 Å². The third-order valence-electron chi connectivity index (χ3n) is 1.02. The molecule has 8 heteroatoms. The number of nitrogens with two attached hydrogens (primary N) is 2. The van der Waals surface area contributed by atoms with E-state index in [4.69, 9.17) is 26.0 Å². The maximum atomic E-state index is 10.1. The Hall–Kier alpha value is -0.910. The minimum Gasteiger partial charge on any atom is -0.480 e. The summed E-state index contributed by atoms with van der Waals surface area (Å²) in [5, 5.41) is 8.22. The Morgan fingerprint density at radius 1 is 1.46 bits per heavy atom. The quantitative estimate of drug-likeness (QED) is 0.409. The Balaban J connectivity index is 0. The lowest BCUT2D eigenvalue weighted by Crippen LogP contribution is -2.31. The molecule has 0 aliphatic heterocycles. The fourth-order valence-electron chi connectivity index (χ4n) is 0.421. The first-order valence-electron chi connectivity index (χ1n) is 3.30. The fraction of sp³-hybridized carbons (Fsp3) is 0.600. The van der Waals surface area contributed by atoms with Gasteiger partial charge in [0.05, 0.1) is 0 Å². The zero-order valence-corrected chi connectivity index (χ0v) is 8.00. The normalized spacial score (nSPS) is 11.8. The largest absolute Gasteiger partial charge is 0.480 e. The minimum absolute atomic E-state index is 0.0213. The van der Waals surface area contributed by atoms with Crippen molar-refractivity contribution in [1.82, 2.24) is 0 Å². The molecular formula is C5H13N2O5P. The minimum atomic E-state index is -1.50. The van der Waals surface area contributed by atoms with Gasteiger partial charge in [0.2, 0.25) is 5.91 Å². The summed E-state index contributed by atoms with van der Waals surface area (Å²) < 4.78 is 8.57. The maximum Gasteiger partial charge on any atom is 0.320 e. The zero-order valence-electron chi connectivity index (χ0n) is 6.84. The molecule has 0 aliphatic carbocycles. The lowest BCUT2D eigenvalue weighted by atomic mass is 10.2. The summed E-state index contributed by atoms with van der Waals surface area (Å²) in [6.45, 7) is 0. The molecule has 0 radical (unpaired) electrons. The average molecular weight is 212 g/mol. The highest BCUT2D eigenvalue weighted by Gasteiger charge is 2.11. The van der Waals surface area contributed by atoms with E-state index in [0.717, 1.165) is 0 Å². The molecule has 0 aromatic rings. The van der Waals surface area contributed by atoms with Gasteiger partial charge in [-0.2, -0.15) is 0 Å². The number of primary amides is 1. The summed E-state index contributed by atoms with van der Waals surface area (Å²) in [4.78, 5) is 27.2. The van der Waals surface area contributed by atoms with Crippen LogP contribution in [0.1, 0.15) is 12.8 Å². The van der Waals surface area contributed by atoms with Crippen LogP contribution < -0.4 is 11.5 Å². The molecule has 0 saturated carbocycles. The van der Waals surface area contributed by atoms with Crippen LogP contribution in [-0.2, 0) is 14.2 Å². The Kier molecular flexibility index (Phi) is 10.3. The Bertz CT molecular complexity index is 186. The van der Waals surface area contributed by atoms with Crippen molar-refractivity contribution in [1.29, 1.82) is 0 Å². The molecule has 0 bridgehead atoms. The van der Waals surface area contributed by atoms with Crippen molar-refractivity contribution in [2.45, 2.75) is 18.9 Å². The second-order valence-corrected chi connectivity index (χ2v) is 2.27. The van der Waals surface area contributed by atoms with Gasteiger partial charge in [-0.15, -0.1) is 0 Å². The first kappa shape index (κ1) is 14.6. The van der Waals surface area contributed by atoms with E-state index < -0.39 is 26.6 Å². The number of carbonyl (C=O) groups is 2. The number of aliphatic carboxylic acids is 1. The van der Waals surface area contributed by atoms with E-state index in [2.05, 4.69) is 0 Å². The van der Waals surface area contributed by atoms with Gasteiger partial charge < -0.3 is 21.5 Å². The molecule has 0 heterocycles. The molecule has 78 valence electrons. The lowest BCUT2D eigenvalue weighted by molar-refractivity contribution is -0.138. The highest BCUT2D eigenvalue weighted by atomic mass is 31.1. The first-order valence-corrected chi connectivity index (χ1v) is 4.29. The van der Waals surface area contributed by atoms with Crippen LogP contribution in [0.4, 0.5) is 0 Å². The topological polar surface area (TPSA) is 144 Å². The van der Waals surface area contributed by atoms with Crippen molar-refractivity contribution < 1.29 is 24.2 Å². The van der Waals surface area contributed by atoms with Crippen LogP contribution in [-0.4, -0.2) is 27.9 Å². The number of carboxylic acids is 1. The Labute approximate surface area is 76.0 Å².